The SMILES string of the molecule is CBCC1CC1CC1C(CC(C)CC)CC1C1CC(CCC)C1. The summed E-state index contributed by atoms with van der Waals surface area (Å²) < 4.78 is 0. The van der Waals surface area contributed by atoms with E-state index in [0.29, 0.717) is 0 Å². The zero-order valence-electron chi connectivity index (χ0n) is 16.4. The highest BCUT2D eigenvalue weighted by Gasteiger charge is 2.50. The van der Waals surface area contributed by atoms with Crippen molar-refractivity contribution in [2.45, 2.75) is 91.7 Å². The lowest BCUT2D eigenvalue weighted by Gasteiger charge is -2.54. The number of hydrogen-bond acceptors (Lipinski definition) is 0. The third kappa shape index (κ3) is 4.19. The van der Waals surface area contributed by atoms with Gasteiger partial charge in [0.15, 0.2) is 0 Å². The molecule has 0 aromatic heterocycles. The molecule has 3 aliphatic carbocycles. The lowest BCUT2D eigenvalue weighted by Crippen LogP contribution is -2.46. The molecule has 0 heterocycles. The first-order valence-corrected chi connectivity index (χ1v) is 11.2. The van der Waals surface area contributed by atoms with Crippen molar-refractivity contribution in [3.8, 4) is 0 Å². The van der Waals surface area contributed by atoms with Crippen LogP contribution in [0.2, 0.25) is 13.1 Å². The Labute approximate surface area is 146 Å². The van der Waals surface area contributed by atoms with Gasteiger partial charge < -0.3 is 0 Å². The molecule has 23 heavy (non-hydrogen) atoms. The number of rotatable bonds is 10. The molecule has 6 atom stereocenters. The van der Waals surface area contributed by atoms with Crippen molar-refractivity contribution in [2.24, 2.45) is 47.3 Å². The predicted octanol–water partition coefficient (Wildman–Crippen LogP) is 6.43. The molecule has 3 aliphatic rings. The summed E-state index contributed by atoms with van der Waals surface area (Å²) in [5, 5.41) is 0. The van der Waals surface area contributed by atoms with Gasteiger partial charge in [-0.3, -0.25) is 0 Å². The fourth-order valence-corrected chi connectivity index (χ4v) is 6.17. The van der Waals surface area contributed by atoms with Crippen molar-refractivity contribution in [2.75, 3.05) is 0 Å². The van der Waals surface area contributed by atoms with Crippen molar-refractivity contribution < 1.29 is 0 Å². The summed E-state index contributed by atoms with van der Waals surface area (Å²) in [4.78, 5) is 0. The minimum absolute atomic E-state index is 0.961. The van der Waals surface area contributed by atoms with Crippen LogP contribution in [0.15, 0.2) is 0 Å². The molecule has 0 spiro atoms. The summed E-state index contributed by atoms with van der Waals surface area (Å²) in [5.74, 6) is 8.82. The van der Waals surface area contributed by atoms with Crippen LogP contribution in [0.5, 0.6) is 0 Å². The first-order chi connectivity index (χ1) is 11.2. The second-order valence-electron chi connectivity index (χ2n) is 9.74. The molecular formula is C22H41B. The molecule has 0 saturated heterocycles. The van der Waals surface area contributed by atoms with Crippen molar-refractivity contribution >= 4 is 7.28 Å². The molecule has 3 fully saturated rings. The summed E-state index contributed by atoms with van der Waals surface area (Å²) in [5.41, 5.74) is 0. The smallest absolute Gasteiger partial charge is 0.0893 e. The Morgan fingerprint density at radius 2 is 1.78 bits per heavy atom. The Hall–Kier alpha value is 0.0649. The molecule has 0 aromatic rings. The molecular weight excluding hydrogens is 275 g/mol. The van der Waals surface area contributed by atoms with E-state index in [9.17, 15) is 0 Å². The van der Waals surface area contributed by atoms with Gasteiger partial charge in [0, 0.05) is 0 Å². The Balaban J connectivity index is 1.49. The second-order valence-corrected chi connectivity index (χ2v) is 9.74. The van der Waals surface area contributed by atoms with Gasteiger partial charge in [0.05, 0.1) is 0 Å². The largest absolute Gasteiger partial charge is 0.117 e. The molecule has 0 N–H and O–H groups in total. The Morgan fingerprint density at radius 1 is 1.00 bits per heavy atom. The van der Waals surface area contributed by atoms with Gasteiger partial charge in [0.25, 0.3) is 0 Å². The summed E-state index contributed by atoms with van der Waals surface area (Å²) >= 11 is 0. The van der Waals surface area contributed by atoms with Crippen molar-refractivity contribution in [1.82, 2.24) is 0 Å². The van der Waals surface area contributed by atoms with E-state index in [1.165, 1.54) is 39.3 Å². The lowest BCUT2D eigenvalue weighted by atomic mass is 9.51. The zero-order chi connectivity index (χ0) is 16.4. The fraction of sp³-hybridized carbons (Fsp3) is 1.00. The topological polar surface area (TPSA) is 0 Å². The van der Waals surface area contributed by atoms with E-state index < -0.39 is 0 Å². The second kappa shape index (κ2) is 7.96. The first-order valence-electron chi connectivity index (χ1n) is 11.2. The normalized spacial score (nSPS) is 43.4. The third-order valence-electron chi connectivity index (χ3n) is 8.01. The average Bonchev–Trinajstić information content (AvgIpc) is 3.23. The van der Waals surface area contributed by atoms with Crippen LogP contribution in [0.4, 0.5) is 0 Å². The van der Waals surface area contributed by atoms with Crippen LogP contribution in [0.1, 0.15) is 78.6 Å². The molecule has 3 rings (SSSR count). The van der Waals surface area contributed by atoms with Gasteiger partial charge in [-0.25, -0.2) is 0 Å². The van der Waals surface area contributed by atoms with Gasteiger partial charge in [-0.2, -0.15) is 0 Å². The first kappa shape index (κ1) is 17.9. The van der Waals surface area contributed by atoms with Gasteiger partial charge in [-0.05, 0) is 85.9 Å². The Morgan fingerprint density at radius 3 is 2.43 bits per heavy atom. The molecule has 6 unspecified atom stereocenters. The molecule has 0 bridgehead atoms. The van der Waals surface area contributed by atoms with Gasteiger partial charge in [0.2, 0.25) is 0 Å². The summed E-state index contributed by atoms with van der Waals surface area (Å²) in [6.07, 6.45) is 15.3. The molecule has 132 valence electrons. The van der Waals surface area contributed by atoms with E-state index >= 15 is 0 Å². The van der Waals surface area contributed by atoms with E-state index in [1.807, 2.05) is 0 Å². The summed E-state index contributed by atoms with van der Waals surface area (Å²) in [7, 11) is 1.41. The molecule has 0 aliphatic heterocycles. The summed E-state index contributed by atoms with van der Waals surface area (Å²) in [6, 6.07) is 0. The molecule has 0 aromatic carbocycles. The molecule has 3 saturated carbocycles. The van der Waals surface area contributed by atoms with E-state index in [4.69, 9.17) is 0 Å². The lowest BCUT2D eigenvalue weighted by molar-refractivity contribution is -0.0473. The van der Waals surface area contributed by atoms with E-state index in [0.717, 1.165) is 47.3 Å². The Bertz CT molecular complexity index is 359. The van der Waals surface area contributed by atoms with Gasteiger partial charge >= 0.3 is 0 Å². The zero-order valence-corrected chi connectivity index (χ0v) is 16.4. The van der Waals surface area contributed by atoms with Crippen LogP contribution >= 0.6 is 0 Å². The maximum absolute atomic E-state index is 2.49. The standard InChI is InChI=1S/C22H41B/c1-5-7-16-9-19(10-16)22-13-18(8-15(3)6-2)21(22)12-17-11-20(17)14-23-4/h15-23H,5-14H2,1-4H3. The van der Waals surface area contributed by atoms with Crippen LogP contribution in [0.3, 0.4) is 0 Å². The predicted molar refractivity (Wildman–Crippen MR) is 104 cm³/mol. The van der Waals surface area contributed by atoms with Crippen molar-refractivity contribution in [3.05, 3.63) is 0 Å². The third-order valence-corrected chi connectivity index (χ3v) is 8.01. The highest BCUT2D eigenvalue weighted by atomic mass is 14.6. The van der Waals surface area contributed by atoms with Crippen molar-refractivity contribution in [1.29, 1.82) is 0 Å². The average molecular weight is 316 g/mol. The number of hydrogen-bond donors (Lipinski definition) is 0. The Kier molecular flexibility index (Phi) is 6.19. The highest BCUT2D eigenvalue weighted by molar-refractivity contribution is 6.33. The fourth-order valence-electron chi connectivity index (χ4n) is 6.17. The minimum Gasteiger partial charge on any atom is -0.0893 e. The molecule has 1 heteroatoms. The van der Waals surface area contributed by atoms with Crippen LogP contribution in [-0.4, -0.2) is 7.28 Å². The van der Waals surface area contributed by atoms with Crippen LogP contribution < -0.4 is 0 Å². The maximum Gasteiger partial charge on any atom is 0.117 e. The van der Waals surface area contributed by atoms with Crippen molar-refractivity contribution in [3.63, 3.8) is 0 Å². The highest BCUT2D eigenvalue weighted by Crippen LogP contribution is 2.59. The monoisotopic (exact) mass is 316 g/mol. The molecule has 0 amide bonds. The van der Waals surface area contributed by atoms with E-state index in [-0.39, 0.29) is 0 Å². The maximum atomic E-state index is 2.49. The molecule has 0 nitrogen and oxygen atoms in total. The molecule has 0 radical (unpaired) electrons. The summed E-state index contributed by atoms with van der Waals surface area (Å²) in [6.45, 7) is 9.61. The van der Waals surface area contributed by atoms with Crippen LogP contribution in [0, 0.1) is 47.3 Å². The van der Waals surface area contributed by atoms with Gasteiger partial charge in [-0.15, -0.1) is 0 Å². The van der Waals surface area contributed by atoms with Crippen LogP contribution in [-0.2, 0) is 0 Å². The minimum atomic E-state index is 0.961. The van der Waals surface area contributed by atoms with Gasteiger partial charge in [0.1, 0.15) is 7.28 Å². The van der Waals surface area contributed by atoms with Crippen LogP contribution in [0.25, 0.3) is 0 Å². The van der Waals surface area contributed by atoms with E-state index in [1.54, 1.807) is 32.1 Å². The van der Waals surface area contributed by atoms with Gasteiger partial charge in [-0.1, -0.05) is 53.2 Å². The van der Waals surface area contributed by atoms with E-state index in [2.05, 4.69) is 27.6 Å². The quantitative estimate of drug-likeness (QED) is 0.407.